The fourth-order valence-electron chi connectivity index (χ4n) is 3.46. The Morgan fingerprint density at radius 3 is 2.71 bits per heavy atom. The third-order valence-electron chi connectivity index (χ3n) is 4.58. The molecule has 1 saturated carbocycles. The van der Waals surface area contributed by atoms with Gasteiger partial charge < -0.3 is 11.1 Å². The summed E-state index contributed by atoms with van der Waals surface area (Å²) in [5.74, 6) is -0.665. The van der Waals surface area contributed by atoms with Crippen LogP contribution in [0.5, 0.6) is 0 Å². The van der Waals surface area contributed by atoms with Gasteiger partial charge >= 0.3 is 0 Å². The molecule has 2 unspecified atom stereocenters. The Morgan fingerprint density at radius 2 is 2.14 bits per heavy atom. The summed E-state index contributed by atoms with van der Waals surface area (Å²) < 4.78 is 13.6. The predicted molar refractivity (Wildman–Crippen MR) is 80.5 cm³/mol. The Balaban J connectivity index is 1.86. The van der Waals surface area contributed by atoms with Gasteiger partial charge in [0.25, 0.3) is 0 Å². The van der Waals surface area contributed by atoms with Crippen molar-refractivity contribution in [3.63, 3.8) is 0 Å². The third kappa shape index (κ3) is 2.75. The van der Waals surface area contributed by atoms with Crippen LogP contribution in [0.4, 0.5) is 10.1 Å². The molecule has 1 saturated heterocycles. The van der Waals surface area contributed by atoms with Crippen LogP contribution in [0.1, 0.15) is 31.7 Å². The topological polar surface area (TPSA) is 58.4 Å². The van der Waals surface area contributed by atoms with Gasteiger partial charge in [-0.15, -0.1) is 0 Å². The molecule has 0 bridgehead atoms. The van der Waals surface area contributed by atoms with Gasteiger partial charge in [-0.1, -0.05) is 0 Å². The zero-order valence-electron chi connectivity index (χ0n) is 12.5. The summed E-state index contributed by atoms with van der Waals surface area (Å²) in [6.07, 6.45) is 3.05. The highest BCUT2D eigenvalue weighted by atomic mass is 19.1. The van der Waals surface area contributed by atoms with Crippen molar-refractivity contribution >= 4 is 11.6 Å². The molecule has 5 heteroatoms. The summed E-state index contributed by atoms with van der Waals surface area (Å²) in [7, 11) is 0. The number of anilines is 1. The van der Waals surface area contributed by atoms with E-state index in [0.29, 0.717) is 30.7 Å². The van der Waals surface area contributed by atoms with Gasteiger partial charge in [0.1, 0.15) is 11.4 Å². The Bertz CT molecular complexity index is 552. The van der Waals surface area contributed by atoms with Crippen LogP contribution in [0.3, 0.4) is 0 Å². The third-order valence-corrected chi connectivity index (χ3v) is 4.58. The molecule has 114 valence electrons. The van der Waals surface area contributed by atoms with Gasteiger partial charge in [0.05, 0.1) is 0 Å². The largest absolute Gasteiger partial charge is 0.370 e. The second-order valence-electron chi connectivity index (χ2n) is 6.55. The number of rotatable bonds is 4. The van der Waals surface area contributed by atoms with E-state index >= 15 is 0 Å². The fourth-order valence-corrected chi connectivity index (χ4v) is 3.46. The monoisotopic (exact) mass is 291 g/mol. The Morgan fingerprint density at radius 1 is 1.43 bits per heavy atom. The minimum atomic E-state index is -0.803. The number of nitrogens with two attached hydrogens (primary N) is 1. The van der Waals surface area contributed by atoms with Gasteiger partial charge in [-0.2, -0.15) is 0 Å². The molecule has 3 rings (SSSR count). The van der Waals surface area contributed by atoms with Gasteiger partial charge in [-0.05, 0) is 56.9 Å². The van der Waals surface area contributed by atoms with E-state index in [9.17, 15) is 9.18 Å². The number of aryl methyl sites for hydroxylation is 1. The lowest BCUT2D eigenvalue weighted by Crippen LogP contribution is -2.52. The smallest absolute Gasteiger partial charge is 0.244 e. The Hall–Kier alpha value is -1.62. The zero-order valence-corrected chi connectivity index (χ0v) is 12.5. The minimum absolute atomic E-state index is 0.304. The van der Waals surface area contributed by atoms with Crippen molar-refractivity contribution in [2.24, 2.45) is 5.73 Å². The molecule has 2 fully saturated rings. The first kappa shape index (κ1) is 14.3. The maximum atomic E-state index is 13.6. The second-order valence-corrected chi connectivity index (χ2v) is 6.55. The van der Waals surface area contributed by atoms with Crippen LogP contribution in [-0.4, -0.2) is 35.0 Å². The standard InChI is InChI=1S/C16H22FN3O/c1-10-5-12(17)7-13(6-10)19-16(15(18)21)8-11(2)20(9-16)14-3-4-14/h5-7,11,14,19H,3-4,8-9H2,1-2H3,(H2,18,21). The number of carbonyl (C=O) groups is 1. The lowest BCUT2D eigenvalue weighted by molar-refractivity contribution is -0.121. The van der Waals surface area contributed by atoms with E-state index in [1.165, 1.54) is 25.0 Å². The molecule has 1 aliphatic heterocycles. The molecular weight excluding hydrogens is 269 g/mol. The van der Waals surface area contributed by atoms with Crippen LogP contribution in [0.2, 0.25) is 0 Å². The number of carbonyl (C=O) groups excluding carboxylic acids is 1. The highest BCUT2D eigenvalue weighted by molar-refractivity contribution is 5.89. The van der Waals surface area contributed by atoms with Crippen molar-refractivity contribution < 1.29 is 9.18 Å². The molecule has 1 aromatic carbocycles. The first-order valence-corrected chi connectivity index (χ1v) is 7.51. The predicted octanol–water partition coefficient (Wildman–Crippen LogP) is 2.03. The molecule has 1 aliphatic carbocycles. The normalized spacial score (nSPS) is 29.6. The van der Waals surface area contributed by atoms with E-state index in [4.69, 9.17) is 5.73 Å². The number of hydrogen-bond acceptors (Lipinski definition) is 3. The molecule has 0 aromatic heterocycles. The molecule has 0 radical (unpaired) electrons. The molecule has 21 heavy (non-hydrogen) atoms. The SMILES string of the molecule is Cc1cc(F)cc(NC2(C(N)=O)CC(C)N(C3CC3)C2)c1. The summed E-state index contributed by atoms with van der Waals surface area (Å²) in [5, 5.41) is 3.22. The number of hydrogen-bond donors (Lipinski definition) is 2. The zero-order chi connectivity index (χ0) is 15.2. The molecule has 2 atom stereocenters. The van der Waals surface area contributed by atoms with Crippen LogP contribution < -0.4 is 11.1 Å². The van der Waals surface area contributed by atoms with E-state index in [-0.39, 0.29) is 11.7 Å². The Labute approximate surface area is 124 Å². The van der Waals surface area contributed by atoms with Gasteiger partial charge in [0.15, 0.2) is 0 Å². The van der Waals surface area contributed by atoms with E-state index in [0.717, 1.165) is 5.56 Å². The lowest BCUT2D eigenvalue weighted by atomic mass is 9.94. The van der Waals surface area contributed by atoms with Crippen LogP contribution in [0.15, 0.2) is 18.2 Å². The quantitative estimate of drug-likeness (QED) is 0.892. The van der Waals surface area contributed by atoms with Crippen molar-refractivity contribution in [2.75, 3.05) is 11.9 Å². The van der Waals surface area contributed by atoms with Crippen LogP contribution in [0, 0.1) is 12.7 Å². The van der Waals surface area contributed by atoms with E-state index in [1.807, 2.05) is 13.0 Å². The number of likely N-dealkylation sites (tertiary alicyclic amines) is 1. The molecular formula is C16H22FN3O. The first-order valence-electron chi connectivity index (χ1n) is 7.51. The summed E-state index contributed by atoms with van der Waals surface area (Å²) in [5.41, 5.74) is 6.32. The first-order chi connectivity index (χ1) is 9.89. The van der Waals surface area contributed by atoms with Gasteiger partial charge in [-0.25, -0.2) is 4.39 Å². The maximum absolute atomic E-state index is 13.6. The second kappa shape index (κ2) is 4.98. The van der Waals surface area contributed by atoms with E-state index in [1.54, 1.807) is 0 Å². The average molecular weight is 291 g/mol. The van der Waals surface area contributed by atoms with Crippen LogP contribution in [-0.2, 0) is 4.79 Å². The summed E-state index contributed by atoms with van der Waals surface area (Å²) in [6, 6.07) is 5.63. The van der Waals surface area contributed by atoms with E-state index in [2.05, 4.69) is 17.1 Å². The van der Waals surface area contributed by atoms with Crippen molar-refractivity contribution in [1.29, 1.82) is 0 Å². The summed E-state index contributed by atoms with van der Waals surface area (Å²) in [6.45, 7) is 4.56. The molecule has 2 aliphatic rings. The maximum Gasteiger partial charge on any atom is 0.244 e. The molecule has 1 amide bonds. The van der Waals surface area contributed by atoms with Crippen molar-refractivity contribution in [2.45, 2.75) is 50.7 Å². The lowest BCUT2D eigenvalue weighted by Gasteiger charge is -2.28. The summed E-state index contributed by atoms with van der Waals surface area (Å²) >= 11 is 0. The Kier molecular flexibility index (Phi) is 3.40. The average Bonchev–Trinajstić information content (AvgIpc) is 3.13. The number of primary amides is 1. The van der Waals surface area contributed by atoms with Crippen molar-refractivity contribution in [3.8, 4) is 0 Å². The van der Waals surface area contributed by atoms with Gasteiger partial charge in [0.2, 0.25) is 5.91 Å². The number of halogens is 1. The molecule has 3 N–H and O–H groups in total. The van der Waals surface area contributed by atoms with Gasteiger partial charge in [0, 0.05) is 24.3 Å². The van der Waals surface area contributed by atoms with Crippen LogP contribution >= 0.6 is 0 Å². The number of benzene rings is 1. The van der Waals surface area contributed by atoms with Crippen molar-refractivity contribution in [3.05, 3.63) is 29.6 Å². The molecule has 1 aromatic rings. The highest BCUT2D eigenvalue weighted by Crippen LogP contribution is 2.38. The van der Waals surface area contributed by atoms with E-state index < -0.39 is 5.54 Å². The molecule has 1 heterocycles. The number of nitrogens with one attached hydrogen (secondary N) is 1. The number of amides is 1. The minimum Gasteiger partial charge on any atom is -0.370 e. The van der Waals surface area contributed by atoms with Gasteiger partial charge in [-0.3, -0.25) is 9.69 Å². The fraction of sp³-hybridized carbons (Fsp3) is 0.562. The van der Waals surface area contributed by atoms with Crippen LogP contribution in [0.25, 0.3) is 0 Å². The molecule has 4 nitrogen and oxygen atoms in total. The summed E-state index contributed by atoms with van der Waals surface area (Å²) in [4.78, 5) is 14.4. The molecule has 0 spiro atoms. The highest BCUT2D eigenvalue weighted by Gasteiger charge is 2.50. The van der Waals surface area contributed by atoms with Crippen molar-refractivity contribution in [1.82, 2.24) is 4.90 Å². The number of nitrogens with zero attached hydrogens (tertiary/aromatic N) is 1.